The molecule has 1 fully saturated rings. The average Bonchev–Trinajstić information content (AvgIpc) is 2.26. The van der Waals surface area contributed by atoms with Crippen LogP contribution in [0.5, 0.6) is 0 Å². The maximum absolute atomic E-state index is 12.0. The van der Waals surface area contributed by atoms with Gasteiger partial charge in [-0.15, -0.1) is 0 Å². The first kappa shape index (κ1) is 16.4. The molecule has 1 aliphatic heterocycles. The molecule has 0 saturated carbocycles. The summed E-state index contributed by atoms with van der Waals surface area (Å²) in [7, 11) is 0. The zero-order valence-electron chi connectivity index (χ0n) is 12.9. The lowest BCUT2D eigenvalue weighted by atomic mass is 10.1. The van der Waals surface area contributed by atoms with E-state index in [0.29, 0.717) is 6.54 Å². The topological polar surface area (TPSA) is 55.8 Å². The zero-order valence-corrected chi connectivity index (χ0v) is 12.9. The van der Waals surface area contributed by atoms with Crippen LogP contribution in [0, 0.1) is 0 Å². The lowest BCUT2D eigenvalue weighted by Gasteiger charge is -2.39. The summed E-state index contributed by atoms with van der Waals surface area (Å²) in [6.07, 6.45) is 0. The number of hydrogen-bond acceptors (Lipinski definition) is 4. The first-order valence-electron chi connectivity index (χ1n) is 7.18. The van der Waals surface area contributed by atoms with Gasteiger partial charge in [-0.2, -0.15) is 0 Å². The number of hydrogen-bond donors (Lipinski definition) is 2. The predicted molar refractivity (Wildman–Crippen MR) is 77.1 cm³/mol. The molecule has 2 N–H and O–H groups in total. The fourth-order valence-corrected chi connectivity index (χ4v) is 2.43. The Morgan fingerprint density at radius 1 is 1.21 bits per heavy atom. The highest BCUT2D eigenvalue weighted by Crippen LogP contribution is 2.10. The van der Waals surface area contributed by atoms with Crippen LogP contribution in [0.2, 0.25) is 0 Å². The van der Waals surface area contributed by atoms with E-state index < -0.39 is 5.60 Å². The summed E-state index contributed by atoms with van der Waals surface area (Å²) in [5, 5.41) is 12.8. The number of carbonyl (C=O) groups is 1. The molecule has 112 valence electrons. The monoisotopic (exact) mass is 271 g/mol. The summed E-state index contributed by atoms with van der Waals surface area (Å²) >= 11 is 0. The third-order valence-electron chi connectivity index (χ3n) is 3.38. The molecule has 1 heterocycles. The molecule has 5 heteroatoms. The lowest BCUT2D eigenvalue weighted by Crippen LogP contribution is -2.56. The summed E-state index contributed by atoms with van der Waals surface area (Å²) in [4.78, 5) is 16.4. The smallest absolute Gasteiger partial charge is 0.237 e. The molecule has 0 aromatic rings. The number of piperazine rings is 1. The third kappa shape index (κ3) is 5.89. The lowest BCUT2D eigenvalue weighted by molar-refractivity contribution is -0.127. The molecule has 19 heavy (non-hydrogen) atoms. The Bertz CT molecular complexity index is 292. The summed E-state index contributed by atoms with van der Waals surface area (Å²) < 4.78 is 0. The van der Waals surface area contributed by atoms with Crippen LogP contribution in [-0.2, 0) is 4.79 Å². The van der Waals surface area contributed by atoms with Gasteiger partial charge in [-0.3, -0.25) is 14.6 Å². The van der Waals surface area contributed by atoms with Crippen molar-refractivity contribution in [3.63, 3.8) is 0 Å². The van der Waals surface area contributed by atoms with Gasteiger partial charge in [-0.1, -0.05) is 0 Å². The SMILES string of the molecule is CC(C)NC(=O)C(C)N1CCN(CC(C)(C)O)CC1. The number of rotatable bonds is 5. The molecule has 0 spiro atoms. The van der Waals surface area contributed by atoms with Crippen molar-refractivity contribution in [3.05, 3.63) is 0 Å². The van der Waals surface area contributed by atoms with Gasteiger partial charge in [0.15, 0.2) is 0 Å². The summed E-state index contributed by atoms with van der Waals surface area (Å²) in [5.74, 6) is 0.103. The van der Waals surface area contributed by atoms with Crippen LogP contribution in [0.1, 0.15) is 34.6 Å². The fraction of sp³-hybridized carbons (Fsp3) is 0.929. The highest BCUT2D eigenvalue weighted by Gasteiger charge is 2.27. The fourth-order valence-electron chi connectivity index (χ4n) is 2.43. The van der Waals surface area contributed by atoms with E-state index in [1.165, 1.54) is 0 Å². The van der Waals surface area contributed by atoms with Gasteiger partial charge in [-0.25, -0.2) is 0 Å². The number of amides is 1. The van der Waals surface area contributed by atoms with Crippen molar-refractivity contribution in [3.8, 4) is 0 Å². The molecule has 1 aliphatic rings. The van der Waals surface area contributed by atoms with Crippen LogP contribution in [0.3, 0.4) is 0 Å². The molecule has 1 atom stereocenters. The van der Waals surface area contributed by atoms with Crippen molar-refractivity contribution in [2.75, 3.05) is 32.7 Å². The van der Waals surface area contributed by atoms with Gasteiger partial charge in [0.05, 0.1) is 11.6 Å². The first-order chi connectivity index (χ1) is 8.69. The van der Waals surface area contributed by atoms with Crippen molar-refractivity contribution in [1.29, 1.82) is 0 Å². The van der Waals surface area contributed by atoms with Gasteiger partial charge >= 0.3 is 0 Å². The van der Waals surface area contributed by atoms with Crippen molar-refractivity contribution < 1.29 is 9.90 Å². The van der Waals surface area contributed by atoms with Crippen molar-refractivity contribution >= 4 is 5.91 Å². The number of nitrogens with one attached hydrogen (secondary N) is 1. The van der Waals surface area contributed by atoms with Crippen LogP contribution in [0.4, 0.5) is 0 Å². The molecule has 0 aliphatic carbocycles. The first-order valence-corrected chi connectivity index (χ1v) is 7.18. The quantitative estimate of drug-likeness (QED) is 0.754. The normalized spacial score (nSPS) is 20.6. The Morgan fingerprint density at radius 3 is 2.16 bits per heavy atom. The van der Waals surface area contributed by atoms with Crippen molar-refractivity contribution in [1.82, 2.24) is 15.1 Å². The minimum atomic E-state index is -0.650. The van der Waals surface area contributed by atoms with Crippen LogP contribution in [0.15, 0.2) is 0 Å². The largest absolute Gasteiger partial charge is 0.389 e. The second kappa shape index (κ2) is 6.68. The van der Waals surface area contributed by atoms with E-state index in [1.54, 1.807) is 0 Å². The van der Waals surface area contributed by atoms with Gasteiger partial charge in [0.25, 0.3) is 0 Å². The van der Waals surface area contributed by atoms with Crippen LogP contribution in [-0.4, -0.2) is 71.2 Å². The van der Waals surface area contributed by atoms with Gasteiger partial charge in [0, 0.05) is 38.8 Å². The Kier molecular flexibility index (Phi) is 5.77. The molecule has 0 aromatic heterocycles. The highest BCUT2D eigenvalue weighted by molar-refractivity contribution is 5.81. The Hall–Kier alpha value is -0.650. The summed E-state index contributed by atoms with van der Waals surface area (Å²) in [5.41, 5.74) is -0.650. The average molecular weight is 271 g/mol. The third-order valence-corrected chi connectivity index (χ3v) is 3.38. The molecule has 1 unspecified atom stereocenters. The van der Waals surface area contributed by atoms with E-state index in [1.807, 2.05) is 34.6 Å². The standard InChI is InChI=1S/C14H29N3O2/c1-11(2)15-13(18)12(3)17-8-6-16(7-9-17)10-14(4,5)19/h11-12,19H,6-10H2,1-5H3,(H,15,18). The van der Waals surface area contributed by atoms with E-state index in [4.69, 9.17) is 0 Å². The van der Waals surface area contributed by atoms with Crippen LogP contribution >= 0.6 is 0 Å². The molecule has 0 bridgehead atoms. The molecule has 0 aromatic carbocycles. The van der Waals surface area contributed by atoms with Gasteiger partial charge in [0.1, 0.15) is 0 Å². The second-order valence-electron chi connectivity index (χ2n) is 6.46. The molecule has 5 nitrogen and oxygen atoms in total. The maximum atomic E-state index is 12.0. The van der Waals surface area contributed by atoms with Crippen LogP contribution in [0.25, 0.3) is 0 Å². The van der Waals surface area contributed by atoms with Crippen molar-refractivity contribution in [2.45, 2.75) is 52.3 Å². The minimum absolute atomic E-state index is 0.0771. The summed E-state index contributed by atoms with van der Waals surface area (Å²) in [6, 6.07) is 0.109. The predicted octanol–water partition coefficient (Wildman–Crippen LogP) is 0.288. The molecular formula is C14H29N3O2. The second-order valence-corrected chi connectivity index (χ2v) is 6.46. The summed E-state index contributed by atoms with van der Waals surface area (Å²) in [6.45, 7) is 13.8. The molecule has 1 amide bonds. The number of β-amino-alcohol motifs (C(OH)–C–C–N with tert-alkyl or cyclic N) is 1. The van der Waals surface area contributed by atoms with E-state index in [9.17, 15) is 9.90 Å². The van der Waals surface area contributed by atoms with E-state index in [0.717, 1.165) is 26.2 Å². The van der Waals surface area contributed by atoms with Crippen LogP contribution < -0.4 is 5.32 Å². The number of nitrogens with zero attached hydrogens (tertiary/aromatic N) is 2. The highest BCUT2D eigenvalue weighted by atomic mass is 16.3. The minimum Gasteiger partial charge on any atom is -0.389 e. The molecule has 1 saturated heterocycles. The molecule has 0 radical (unpaired) electrons. The Morgan fingerprint density at radius 2 is 1.74 bits per heavy atom. The zero-order chi connectivity index (χ0) is 14.6. The molecule has 1 rings (SSSR count). The Labute approximate surface area is 117 Å². The number of carbonyl (C=O) groups excluding carboxylic acids is 1. The maximum Gasteiger partial charge on any atom is 0.237 e. The van der Waals surface area contributed by atoms with Crippen molar-refractivity contribution in [2.24, 2.45) is 0 Å². The van der Waals surface area contributed by atoms with E-state index in [2.05, 4.69) is 15.1 Å². The van der Waals surface area contributed by atoms with Gasteiger partial charge in [-0.05, 0) is 34.6 Å². The Balaban J connectivity index is 2.39. The number of aliphatic hydroxyl groups is 1. The van der Waals surface area contributed by atoms with Gasteiger partial charge < -0.3 is 10.4 Å². The van der Waals surface area contributed by atoms with E-state index >= 15 is 0 Å². The molecular weight excluding hydrogens is 242 g/mol. The van der Waals surface area contributed by atoms with E-state index in [-0.39, 0.29) is 18.0 Å². The van der Waals surface area contributed by atoms with Gasteiger partial charge in [0.2, 0.25) is 5.91 Å².